The molecule has 0 saturated heterocycles. The number of hydrogen-bond donors (Lipinski definition) is 1. The van der Waals surface area contributed by atoms with E-state index in [9.17, 15) is 14.9 Å². The van der Waals surface area contributed by atoms with E-state index in [-0.39, 0.29) is 5.69 Å². The lowest BCUT2D eigenvalue weighted by molar-refractivity contribution is -0.384. The first-order valence-corrected chi connectivity index (χ1v) is 5.61. The maximum atomic E-state index is 11.2. The standard InChI is InChI=1S/C10H10N2O3.C2H6/c11-9(13)10(4-5-10)7-2-1-3-8(6-7)12(14)15;1-2/h1-3,6H,4-5H2,(H2,11,13);1-2H3. The predicted octanol–water partition coefficient (Wildman–Crippen LogP) is 2.14. The van der Waals surface area contributed by atoms with Gasteiger partial charge >= 0.3 is 0 Å². The van der Waals surface area contributed by atoms with Crippen LogP contribution in [0.5, 0.6) is 0 Å². The van der Waals surface area contributed by atoms with E-state index in [1.54, 1.807) is 12.1 Å². The van der Waals surface area contributed by atoms with Gasteiger partial charge in [0.15, 0.2) is 0 Å². The number of rotatable bonds is 3. The van der Waals surface area contributed by atoms with Gasteiger partial charge in [-0.2, -0.15) is 0 Å². The summed E-state index contributed by atoms with van der Waals surface area (Å²) in [6.45, 7) is 4.00. The number of nitro benzene ring substituents is 1. The van der Waals surface area contributed by atoms with Gasteiger partial charge in [-0.25, -0.2) is 0 Å². The van der Waals surface area contributed by atoms with Gasteiger partial charge in [0.25, 0.3) is 5.69 Å². The molecular weight excluding hydrogens is 220 g/mol. The van der Waals surface area contributed by atoms with Gasteiger partial charge in [-0.3, -0.25) is 14.9 Å². The number of benzene rings is 1. The predicted molar refractivity (Wildman–Crippen MR) is 64.6 cm³/mol. The fraction of sp³-hybridized carbons (Fsp3) is 0.417. The third kappa shape index (κ3) is 2.43. The molecule has 0 aliphatic heterocycles. The maximum absolute atomic E-state index is 11.2. The molecule has 0 radical (unpaired) electrons. The Balaban J connectivity index is 0.000000686. The monoisotopic (exact) mass is 236 g/mol. The van der Waals surface area contributed by atoms with Crippen molar-refractivity contribution in [1.29, 1.82) is 0 Å². The largest absolute Gasteiger partial charge is 0.369 e. The minimum absolute atomic E-state index is 0.0000231. The molecule has 1 fully saturated rings. The van der Waals surface area contributed by atoms with Crippen molar-refractivity contribution in [2.75, 3.05) is 0 Å². The van der Waals surface area contributed by atoms with Crippen LogP contribution >= 0.6 is 0 Å². The number of amides is 1. The van der Waals surface area contributed by atoms with Crippen molar-refractivity contribution in [2.24, 2.45) is 5.73 Å². The topological polar surface area (TPSA) is 86.2 Å². The van der Waals surface area contributed by atoms with E-state index in [4.69, 9.17) is 5.73 Å². The first-order valence-electron chi connectivity index (χ1n) is 5.61. The van der Waals surface area contributed by atoms with Gasteiger partial charge in [0.05, 0.1) is 10.3 Å². The second kappa shape index (κ2) is 4.95. The Kier molecular flexibility index (Phi) is 3.83. The number of primary amides is 1. The highest BCUT2D eigenvalue weighted by atomic mass is 16.6. The lowest BCUT2D eigenvalue weighted by Gasteiger charge is -2.10. The van der Waals surface area contributed by atoms with Crippen LogP contribution in [0.25, 0.3) is 0 Å². The normalized spacial score (nSPS) is 15.4. The average Bonchev–Trinajstić information content (AvgIpc) is 3.13. The van der Waals surface area contributed by atoms with E-state index in [2.05, 4.69) is 0 Å². The van der Waals surface area contributed by atoms with Crippen LogP contribution in [-0.2, 0) is 10.2 Å². The van der Waals surface area contributed by atoms with Crippen molar-refractivity contribution in [2.45, 2.75) is 32.1 Å². The third-order valence-corrected chi connectivity index (χ3v) is 2.83. The van der Waals surface area contributed by atoms with Crippen LogP contribution in [0.4, 0.5) is 5.69 Å². The molecule has 2 rings (SSSR count). The highest BCUT2D eigenvalue weighted by Crippen LogP contribution is 2.48. The van der Waals surface area contributed by atoms with E-state index in [1.165, 1.54) is 12.1 Å². The molecule has 1 aliphatic rings. The number of nitrogens with two attached hydrogens (primary N) is 1. The molecule has 0 aromatic heterocycles. The highest BCUT2D eigenvalue weighted by Gasteiger charge is 2.50. The number of nitro groups is 1. The van der Waals surface area contributed by atoms with Crippen molar-refractivity contribution in [3.63, 3.8) is 0 Å². The zero-order chi connectivity index (χ0) is 13.1. The summed E-state index contributed by atoms with van der Waals surface area (Å²) in [5.41, 5.74) is 5.29. The molecule has 0 bridgehead atoms. The van der Waals surface area contributed by atoms with E-state index in [1.807, 2.05) is 13.8 Å². The summed E-state index contributed by atoms with van der Waals surface area (Å²) in [5.74, 6) is -0.400. The Labute approximate surface area is 99.8 Å². The summed E-state index contributed by atoms with van der Waals surface area (Å²) in [5, 5.41) is 10.6. The van der Waals surface area contributed by atoms with Crippen molar-refractivity contribution in [1.82, 2.24) is 0 Å². The van der Waals surface area contributed by atoms with E-state index in [0.717, 1.165) is 0 Å². The van der Waals surface area contributed by atoms with Crippen molar-refractivity contribution in [3.05, 3.63) is 39.9 Å². The Morgan fingerprint density at radius 2 is 2.00 bits per heavy atom. The lowest BCUT2D eigenvalue weighted by atomic mass is 9.95. The van der Waals surface area contributed by atoms with Crippen LogP contribution in [0.3, 0.4) is 0 Å². The molecular formula is C12H16N2O3. The zero-order valence-corrected chi connectivity index (χ0v) is 9.97. The number of carbonyl (C=O) groups is 1. The molecule has 1 aromatic carbocycles. The minimum Gasteiger partial charge on any atom is -0.369 e. The smallest absolute Gasteiger partial charge is 0.269 e. The molecule has 2 N–H and O–H groups in total. The van der Waals surface area contributed by atoms with Crippen LogP contribution < -0.4 is 5.73 Å². The second-order valence-electron chi connectivity index (χ2n) is 3.75. The second-order valence-corrected chi connectivity index (χ2v) is 3.75. The molecule has 5 nitrogen and oxygen atoms in total. The first kappa shape index (κ1) is 13.2. The summed E-state index contributed by atoms with van der Waals surface area (Å²) < 4.78 is 0. The molecule has 1 aliphatic carbocycles. The van der Waals surface area contributed by atoms with E-state index in [0.29, 0.717) is 18.4 Å². The van der Waals surface area contributed by atoms with Crippen LogP contribution in [0.15, 0.2) is 24.3 Å². The van der Waals surface area contributed by atoms with Gasteiger partial charge in [0, 0.05) is 12.1 Å². The molecule has 0 spiro atoms. The van der Waals surface area contributed by atoms with Gasteiger partial charge < -0.3 is 5.73 Å². The van der Waals surface area contributed by atoms with Crippen LogP contribution in [-0.4, -0.2) is 10.8 Å². The Morgan fingerprint density at radius 3 is 2.41 bits per heavy atom. The lowest BCUT2D eigenvalue weighted by Crippen LogP contribution is -2.28. The summed E-state index contributed by atoms with van der Waals surface area (Å²) in [6.07, 6.45) is 1.37. The van der Waals surface area contributed by atoms with Crippen LogP contribution in [0.2, 0.25) is 0 Å². The number of nitrogens with zero attached hydrogens (tertiary/aromatic N) is 1. The maximum Gasteiger partial charge on any atom is 0.269 e. The van der Waals surface area contributed by atoms with Crippen LogP contribution in [0.1, 0.15) is 32.3 Å². The van der Waals surface area contributed by atoms with Crippen molar-refractivity contribution >= 4 is 11.6 Å². The van der Waals surface area contributed by atoms with Gasteiger partial charge in [-0.05, 0) is 18.4 Å². The first-order chi connectivity index (χ1) is 8.06. The number of hydrogen-bond acceptors (Lipinski definition) is 3. The fourth-order valence-electron chi connectivity index (χ4n) is 1.72. The summed E-state index contributed by atoms with van der Waals surface area (Å²) in [7, 11) is 0. The zero-order valence-electron chi connectivity index (χ0n) is 9.97. The molecule has 5 heteroatoms. The van der Waals surface area contributed by atoms with E-state index >= 15 is 0 Å². The molecule has 1 saturated carbocycles. The SMILES string of the molecule is CC.NC(=O)C1(c2cccc([N+](=O)[O-])c2)CC1. The Hall–Kier alpha value is -1.91. The molecule has 92 valence electrons. The summed E-state index contributed by atoms with van der Waals surface area (Å²) in [6, 6.07) is 6.12. The Bertz CT molecular complexity index is 439. The third-order valence-electron chi connectivity index (χ3n) is 2.83. The van der Waals surface area contributed by atoms with E-state index < -0.39 is 16.2 Å². The highest BCUT2D eigenvalue weighted by molar-refractivity contribution is 5.90. The van der Waals surface area contributed by atoms with Gasteiger partial charge in [-0.1, -0.05) is 26.0 Å². The molecule has 0 unspecified atom stereocenters. The average molecular weight is 236 g/mol. The van der Waals surface area contributed by atoms with Gasteiger partial charge in [-0.15, -0.1) is 0 Å². The molecule has 0 heterocycles. The van der Waals surface area contributed by atoms with Crippen molar-refractivity contribution < 1.29 is 9.72 Å². The molecule has 17 heavy (non-hydrogen) atoms. The molecule has 1 aromatic rings. The quantitative estimate of drug-likeness (QED) is 0.644. The number of carbonyl (C=O) groups excluding carboxylic acids is 1. The van der Waals surface area contributed by atoms with Gasteiger partial charge in [0.2, 0.25) is 5.91 Å². The van der Waals surface area contributed by atoms with Gasteiger partial charge in [0.1, 0.15) is 0 Å². The minimum atomic E-state index is -0.647. The van der Waals surface area contributed by atoms with Crippen LogP contribution in [0, 0.1) is 10.1 Å². The summed E-state index contributed by atoms with van der Waals surface area (Å²) in [4.78, 5) is 21.3. The number of non-ortho nitro benzene ring substituents is 1. The Morgan fingerprint density at radius 1 is 1.41 bits per heavy atom. The molecule has 1 amide bonds. The van der Waals surface area contributed by atoms with Crippen molar-refractivity contribution in [3.8, 4) is 0 Å². The molecule has 0 atom stereocenters. The fourth-order valence-corrected chi connectivity index (χ4v) is 1.72. The summed E-state index contributed by atoms with van der Waals surface area (Å²) >= 11 is 0.